The fourth-order valence-corrected chi connectivity index (χ4v) is 3.35. The summed E-state index contributed by atoms with van der Waals surface area (Å²) in [6, 6.07) is -0.778. The third kappa shape index (κ3) is 2.92. The van der Waals surface area contributed by atoms with Crippen LogP contribution in [-0.2, 0) is 16.0 Å². The minimum atomic E-state index is -0.944. The Balaban J connectivity index is 2.16. The van der Waals surface area contributed by atoms with Crippen LogP contribution in [0.3, 0.4) is 0 Å². The standard InChI is InChI=1S/C13H19N3O3S/c1-13(2)4-3-5-16(10(13)11(18)19)9(17)6-8-7-20-12(14)15-8/h7,10H,3-6H2,1-2H3,(H2,14,15)(H,18,19). The molecule has 1 fully saturated rings. The van der Waals surface area contributed by atoms with Gasteiger partial charge in [0.15, 0.2) is 5.13 Å². The molecule has 0 bridgehead atoms. The van der Waals surface area contributed by atoms with Gasteiger partial charge in [0, 0.05) is 11.9 Å². The number of aliphatic carboxylic acids is 1. The SMILES string of the molecule is CC1(C)CCCN(C(=O)Cc2csc(N)n2)C1C(=O)O. The van der Waals surface area contributed by atoms with E-state index in [0.717, 1.165) is 12.8 Å². The van der Waals surface area contributed by atoms with E-state index in [1.54, 1.807) is 5.38 Å². The van der Waals surface area contributed by atoms with Crippen molar-refractivity contribution in [3.63, 3.8) is 0 Å². The van der Waals surface area contributed by atoms with E-state index in [0.29, 0.717) is 17.4 Å². The van der Waals surface area contributed by atoms with Gasteiger partial charge in [0.05, 0.1) is 12.1 Å². The number of anilines is 1. The third-order valence-corrected chi connectivity index (χ3v) is 4.45. The number of nitrogens with two attached hydrogens (primary N) is 1. The Kier molecular flexibility index (Phi) is 3.99. The number of rotatable bonds is 3. The highest BCUT2D eigenvalue weighted by Crippen LogP contribution is 2.35. The van der Waals surface area contributed by atoms with Crippen molar-refractivity contribution in [1.82, 2.24) is 9.88 Å². The zero-order chi connectivity index (χ0) is 14.9. The van der Waals surface area contributed by atoms with Crippen LogP contribution in [0.15, 0.2) is 5.38 Å². The summed E-state index contributed by atoms with van der Waals surface area (Å²) in [6.07, 6.45) is 1.73. The van der Waals surface area contributed by atoms with Gasteiger partial charge in [-0.2, -0.15) is 0 Å². The van der Waals surface area contributed by atoms with Crippen molar-refractivity contribution in [1.29, 1.82) is 0 Å². The Labute approximate surface area is 121 Å². The molecule has 2 heterocycles. The molecule has 1 unspecified atom stereocenters. The summed E-state index contributed by atoms with van der Waals surface area (Å²) >= 11 is 1.28. The highest BCUT2D eigenvalue weighted by Gasteiger charge is 2.44. The second kappa shape index (κ2) is 5.40. The number of nitrogens with zero attached hydrogens (tertiary/aromatic N) is 2. The molecule has 0 aliphatic carbocycles. The van der Waals surface area contributed by atoms with Gasteiger partial charge in [-0.05, 0) is 18.3 Å². The number of likely N-dealkylation sites (tertiary alicyclic amines) is 1. The maximum absolute atomic E-state index is 12.4. The third-order valence-electron chi connectivity index (χ3n) is 3.73. The number of hydrogen-bond donors (Lipinski definition) is 2. The van der Waals surface area contributed by atoms with Gasteiger partial charge >= 0.3 is 5.97 Å². The molecule has 1 aromatic heterocycles. The normalized spacial score (nSPS) is 21.7. The Bertz CT molecular complexity index is 527. The molecule has 0 saturated carbocycles. The van der Waals surface area contributed by atoms with Gasteiger partial charge in [-0.3, -0.25) is 4.79 Å². The van der Waals surface area contributed by atoms with Crippen molar-refractivity contribution in [2.24, 2.45) is 5.41 Å². The Morgan fingerprint density at radius 2 is 2.30 bits per heavy atom. The zero-order valence-corrected chi connectivity index (χ0v) is 12.4. The van der Waals surface area contributed by atoms with Crippen molar-refractivity contribution in [2.75, 3.05) is 12.3 Å². The lowest BCUT2D eigenvalue weighted by Crippen LogP contribution is -2.56. The molecule has 1 saturated heterocycles. The molecule has 1 atom stereocenters. The highest BCUT2D eigenvalue weighted by atomic mass is 32.1. The lowest BCUT2D eigenvalue weighted by Gasteiger charge is -2.44. The predicted molar refractivity (Wildman–Crippen MR) is 76.4 cm³/mol. The maximum atomic E-state index is 12.4. The molecule has 2 rings (SSSR count). The van der Waals surface area contributed by atoms with Crippen LogP contribution in [0, 0.1) is 5.41 Å². The van der Waals surface area contributed by atoms with E-state index < -0.39 is 17.4 Å². The number of carboxylic acid groups (broad SMARTS) is 1. The number of thiazole rings is 1. The molecule has 6 nitrogen and oxygen atoms in total. The van der Waals surface area contributed by atoms with Crippen LogP contribution in [0.4, 0.5) is 5.13 Å². The summed E-state index contributed by atoms with van der Waals surface area (Å²) in [6.45, 7) is 4.27. The van der Waals surface area contributed by atoms with Gasteiger partial charge in [0.25, 0.3) is 0 Å². The summed E-state index contributed by atoms with van der Waals surface area (Å²) in [5, 5.41) is 11.6. The van der Waals surface area contributed by atoms with Crippen LogP contribution >= 0.6 is 11.3 Å². The lowest BCUT2D eigenvalue weighted by molar-refractivity contribution is -0.158. The number of hydrogen-bond acceptors (Lipinski definition) is 5. The highest BCUT2D eigenvalue weighted by molar-refractivity contribution is 7.13. The number of piperidine rings is 1. The molecular formula is C13H19N3O3S. The Morgan fingerprint density at radius 3 is 2.85 bits per heavy atom. The molecule has 1 aliphatic heterocycles. The van der Waals surface area contributed by atoms with Crippen LogP contribution in [-0.4, -0.2) is 39.5 Å². The van der Waals surface area contributed by atoms with Gasteiger partial charge in [0.2, 0.25) is 5.91 Å². The van der Waals surface area contributed by atoms with Gasteiger partial charge in [-0.25, -0.2) is 9.78 Å². The van der Waals surface area contributed by atoms with E-state index in [4.69, 9.17) is 5.73 Å². The fraction of sp³-hybridized carbons (Fsp3) is 0.615. The molecule has 1 amide bonds. The van der Waals surface area contributed by atoms with Crippen molar-refractivity contribution >= 4 is 28.3 Å². The van der Waals surface area contributed by atoms with Gasteiger partial charge < -0.3 is 15.7 Å². The quantitative estimate of drug-likeness (QED) is 0.878. The predicted octanol–water partition coefficient (Wildman–Crippen LogP) is 1.37. The molecule has 1 aromatic rings. The molecular weight excluding hydrogens is 278 g/mol. The topological polar surface area (TPSA) is 96.5 Å². The monoisotopic (exact) mass is 297 g/mol. The number of carbonyl (C=O) groups excluding carboxylic acids is 1. The zero-order valence-electron chi connectivity index (χ0n) is 11.6. The number of nitrogen functional groups attached to an aromatic ring is 1. The first-order valence-electron chi connectivity index (χ1n) is 6.53. The van der Waals surface area contributed by atoms with E-state index in [2.05, 4.69) is 4.98 Å². The molecule has 1 aliphatic rings. The van der Waals surface area contributed by atoms with Crippen molar-refractivity contribution in [3.8, 4) is 0 Å². The Hall–Kier alpha value is -1.63. The second-order valence-corrected chi connectivity index (χ2v) is 6.66. The number of carboxylic acids is 1. The summed E-state index contributed by atoms with van der Waals surface area (Å²) in [5.41, 5.74) is 5.73. The summed E-state index contributed by atoms with van der Waals surface area (Å²) in [5.74, 6) is -1.14. The van der Waals surface area contributed by atoms with Crippen LogP contribution in [0.2, 0.25) is 0 Å². The van der Waals surface area contributed by atoms with Gasteiger partial charge in [0.1, 0.15) is 6.04 Å². The number of amides is 1. The van der Waals surface area contributed by atoms with Crippen molar-refractivity contribution < 1.29 is 14.7 Å². The summed E-state index contributed by atoms with van der Waals surface area (Å²) in [7, 11) is 0. The average Bonchev–Trinajstić information content (AvgIpc) is 2.72. The van der Waals surface area contributed by atoms with Crippen molar-refractivity contribution in [3.05, 3.63) is 11.1 Å². The molecule has 110 valence electrons. The van der Waals surface area contributed by atoms with Crippen LogP contribution < -0.4 is 5.73 Å². The molecule has 0 spiro atoms. The largest absolute Gasteiger partial charge is 0.480 e. The average molecular weight is 297 g/mol. The van der Waals surface area contributed by atoms with E-state index in [-0.39, 0.29) is 12.3 Å². The van der Waals surface area contributed by atoms with Crippen LogP contribution in [0.25, 0.3) is 0 Å². The molecule has 7 heteroatoms. The smallest absolute Gasteiger partial charge is 0.326 e. The van der Waals surface area contributed by atoms with Gasteiger partial charge in [-0.1, -0.05) is 13.8 Å². The van der Waals surface area contributed by atoms with E-state index >= 15 is 0 Å². The number of carbonyl (C=O) groups is 2. The first-order valence-corrected chi connectivity index (χ1v) is 7.41. The number of aromatic nitrogens is 1. The Morgan fingerprint density at radius 1 is 1.60 bits per heavy atom. The minimum absolute atomic E-state index is 0.105. The van der Waals surface area contributed by atoms with Crippen LogP contribution in [0.1, 0.15) is 32.4 Å². The first kappa shape index (κ1) is 14.8. The lowest BCUT2D eigenvalue weighted by atomic mass is 9.76. The first-order chi connectivity index (χ1) is 9.31. The van der Waals surface area contributed by atoms with Crippen LogP contribution in [0.5, 0.6) is 0 Å². The minimum Gasteiger partial charge on any atom is -0.480 e. The molecule has 20 heavy (non-hydrogen) atoms. The van der Waals surface area contributed by atoms with E-state index in [9.17, 15) is 14.7 Å². The molecule has 0 aromatic carbocycles. The van der Waals surface area contributed by atoms with Crippen molar-refractivity contribution in [2.45, 2.75) is 39.2 Å². The fourth-order valence-electron chi connectivity index (χ4n) is 2.79. The molecule has 3 N–H and O–H groups in total. The second-order valence-electron chi connectivity index (χ2n) is 5.77. The summed E-state index contributed by atoms with van der Waals surface area (Å²) < 4.78 is 0. The van der Waals surface area contributed by atoms with E-state index in [1.807, 2.05) is 13.8 Å². The van der Waals surface area contributed by atoms with Gasteiger partial charge in [-0.15, -0.1) is 11.3 Å². The van der Waals surface area contributed by atoms with E-state index in [1.165, 1.54) is 16.2 Å². The maximum Gasteiger partial charge on any atom is 0.326 e. The summed E-state index contributed by atoms with van der Waals surface area (Å²) in [4.78, 5) is 29.4. The molecule has 0 radical (unpaired) electrons.